The van der Waals surface area contributed by atoms with Gasteiger partial charge in [0.2, 0.25) is 10.0 Å². The number of rotatable bonds is 10. The molecule has 1 aromatic carbocycles. The van der Waals surface area contributed by atoms with Crippen LogP contribution in [0, 0.1) is 5.92 Å². The van der Waals surface area contributed by atoms with Crippen molar-refractivity contribution in [3.8, 4) is 0 Å². The zero-order valence-electron chi connectivity index (χ0n) is 16.7. The van der Waals surface area contributed by atoms with Crippen LogP contribution >= 0.6 is 0 Å². The fourth-order valence-electron chi connectivity index (χ4n) is 2.53. The van der Waals surface area contributed by atoms with E-state index in [-0.39, 0.29) is 23.2 Å². The molecule has 0 fully saturated rings. The van der Waals surface area contributed by atoms with E-state index >= 15 is 0 Å². The number of carbonyl (C=O) groups excluding carboxylic acids is 2. The molecule has 8 heteroatoms. The summed E-state index contributed by atoms with van der Waals surface area (Å²) in [6.07, 6.45) is 4.02. The minimum atomic E-state index is -3.53. The molecule has 0 aliphatic heterocycles. The number of esters is 1. The summed E-state index contributed by atoms with van der Waals surface area (Å²) in [6.45, 7) is 5.81. The molecule has 0 radical (unpaired) electrons. The fraction of sp³-hybridized carbons (Fsp3) is 0.579. The lowest BCUT2D eigenvalue weighted by molar-refractivity contribution is -0.124. The van der Waals surface area contributed by atoms with Gasteiger partial charge in [0.1, 0.15) is 0 Å². The number of nitrogens with one attached hydrogen (secondary N) is 1. The SMILES string of the molecule is CC(C)CCCC(C)NC(=O)COC(=O)c1ccccc1N(C)S(C)(=O)=O. The number of sulfonamides is 1. The first kappa shape index (κ1) is 23.0. The highest BCUT2D eigenvalue weighted by molar-refractivity contribution is 7.92. The Labute approximate surface area is 162 Å². The number of ether oxygens (including phenoxy) is 1. The van der Waals surface area contributed by atoms with Crippen molar-refractivity contribution >= 4 is 27.6 Å². The maximum Gasteiger partial charge on any atom is 0.340 e. The summed E-state index contributed by atoms with van der Waals surface area (Å²) in [4.78, 5) is 24.3. The van der Waals surface area contributed by atoms with Crippen molar-refractivity contribution < 1.29 is 22.7 Å². The molecule has 152 valence electrons. The van der Waals surface area contributed by atoms with Gasteiger partial charge in [-0.05, 0) is 31.4 Å². The molecule has 0 bridgehead atoms. The van der Waals surface area contributed by atoms with Crippen molar-refractivity contribution in [3.63, 3.8) is 0 Å². The number of nitrogens with zero attached hydrogens (tertiary/aromatic N) is 1. The first-order valence-electron chi connectivity index (χ1n) is 9.01. The molecule has 0 aromatic heterocycles. The van der Waals surface area contributed by atoms with E-state index in [2.05, 4.69) is 19.2 Å². The smallest absolute Gasteiger partial charge is 0.340 e. The monoisotopic (exact) mass is 398 g/mol. The van der Waals surface area contributed by atoms with Gasteiger partial charge in [-0.3, -0.25) is 9.10 Å². The Kier molecular flexibility index (Phi) is 8.75. The average molecular weight is 399 g/mol. The van der Waals surface area contributed by atoms with Crippen LogP contribution in [-0.2, 0) is 19.6 Å². The average Bonchev–Trinajstić information content (AvgIpc) is 2.57. The van der Waals surface area contributed by atoms with Crippen LogP contribution in [0.2, 0.25) is 0 Å². The van der Waals surface area contributed by atoms with Gasteiger partial charge < -0.3 is 10.1 Å². The summed E-state index contributed by atoms with van der Waals surface area (Å²) in [5.41, 5.74) is 0.288. The van der Waals surface area contributed by atoms with Gasteiger partial charge in [-0.25, -0.2) is 13.2 Å². The van der Waals surface area contributed by atoms with E-state index in [1.54, 1.807) is 12.1 Å². The van der Waals surface area contributed by atoms with Gasteiger partial charge in [0, 0.05) is 13.1 Å². The minimum Gasteiger partial charge on any atom is -0.452 e. The van der Waals surface area contributed by atoms with Crippen LogP contribution in [0.1, 0.15) is 50.4 Å². The van der Waals surface area contributed by atoms with Gasteiger partial charge in [-0.2, -0.15) is 0 Å². The number of hydrogen-bond donors (Lipinski definition) is 1. The van der Waals surface area contributed by atoms with E-state index in [1.807, 2.05) is 6.92 Å². The topological polar surface area (TPSA) is 92.8 Å². The third-order valence-electron chi connectivity index (χ3n) is 4.12. The summed E-state index contributed by atoms with van der Waals surface area (Å²) in [6, 6.07) is 6.20. The summed E-state index contributed by atoms with van der Waals surface area (Å²) < 4.78 is 29.5. The first-order valence-corrected chi connectivity index (χ1v) is 10.9. The molecule has 1 amide bonds. The van der Waals surface area contributed by atoms with Crippen LogP contribution in [0.15, 0.2) is 24.3 Å². The van der Waals surface area contributed by atoms with Crippen molar-refractivity contribution in [2.24, 2.45) is 5.92 Å². The molecule has 1 atom stereocenters. The van der Waals surface area contributed by atoms with Crippen LogP contribution in [0.5, 0.6) is 0 Å². The molecule has 0 heterocycles. The maximum absolute atomic E-state index is 12.3. The van der Waals surface area contributed by atoms with Crippen molar-refractivity contribution in [3.05, 3.63) is 29.8 Å². The normalized spacial score (nSPS) is 12.5. The number of hydrogen-bond acceptors (Lipinski definition) is 5. The van der Waals surface area contributed by atoms with Gasteiger partial charge >= 0.3 is 5.97 Å². The molecule has 1 aromatic rings. The van der Waals surface area contributed by atoms with Crippen LogP contribution in [0.3, 0.4) is 0 Å². The summed E-state index contributed by atoms with van der Waals surface area (Å²) in [7, 11) is -2.17. The van der Waals surface area contributed by atoms with E-state index in [1.165, 1.54) is 19.2 Å². The van der Waals surface area contributed by atoms with E-state index in [0.717, 1.165) is 29.8 Å². The molecule has 0 aliphatic rings. The maximum atomic E-state index is 12.3. The molecule has 1 N–H and O–H groups in total. The van der Waals surface area contributed by atoms with Crippen LogP contribution < -0.4 is 9.62 Å². The molecule has 1 rings (SSSR count). The predicted octanol–water partition coefficient (Wildman–Crippen LogP) is 2.57. The molecule has 0 saturated heterocycles. The second kappa shape index (κ2) is 10.3. The van der Waals surface area contributed by atoms with Gasteiger partial charge in [-0.15, -0.1) is 0 Å². The van der Waals surface area contributed by atoms with Gasteiger partial charge in [0.25, 0.3) is 5.91 Å². The number of benzene rings is 1. The van der Waals surface area contributed by atoms with Crippen LogP contribution in [0.4, 0.5) is 5.69 Å². The summed E-state index contributed by atoms with van der Waals surface area (Å²) in [5.74, 6) is -0.503. The highest BCUT2D eigenvalue weighted by atomic mass is 32.2. The molecule has 7 nitrogen and oxygen atoms in total. The van der Waals surface area contributed by atoms with E-state index in [0.29, 0.717) is 5.92 Å². The van der Waals surface area contributed by atoms with E-state index in [9.17, 15) is 18.0 Å². The van der Waals surface area contributed by atoms with E-state index < -0.39 is 22.6 Å². The number of para-hydroxylation sites is 1. The van der Waals surface area contributed by atoms with Crippen molar-refractivity contribution in [2.75, 3.05) is 24.2 Å². The largest absolute Gasteiger partial charge is 0.452 e. The molecular weight excluding hydrogens is 368 g/mol. The second-order valence-corrected chi connectivity index (χ2v) is 9.13. The van der Waals surface area contributed by atoms with Gasteiger partial charge in [0.05, 0.1) is 17.5 Å². The zero-order chi connectivity index (χ0) is 20.6. The lowest BCUT2D eigenvalue weighted by atomic mass is 10.0. The highest BCUT2D eigenvalue weighted by Crippen LogP contribution is 2.22. The predicted molar refractivity (Wildman–Crippen MR) is 106 cm³/mol. The molecule has 27 heavy (non-hydrogen) atoms. The first-order chi connectivity index (χ1) is 12.5. The van der Waals surface area contributed by atoms with Crippen LogP contribution in [-0.4, -0.2) is 46.2 Å². The van der Waals surface area contributed by atoms with Gasteiger partial charge in [-0.1, -0.05) is 38.8 Å². The third-order valence-corrected chi connectivity index (χ3v) is 5.31. The van der Waals surface area contributed by atoms with E-state index in [4.69, 9.17) is 4.74 Å². The fourth-order valence-corrected chi connectivity index (χ4v) is 3.05. The quantitative estimate of drug-likeness (QED) is 0.612. The number of carbonyl (C=O) groups is 2. The molecule has 0 aliphatic carbocycles. The van der Waals surface area contributed by atoms with Crippen molar-refractivity contribution in [2.45, 2.75) is 46.1 Å². The lowest BCUT2D eigenvalue weighted by Crippen LogP contribution is -2.36. The second-order valence-electron chi connectivity index (χ2n) is 7.12. The highest BCUT2D eigenvalue weighted by Gasteiger charge is 2.21. The Morgan fingerprint density at radius 2 is 1.78 bits per heavy atom. The molecule has 0 spiro atoms. The Hall–Kier alpha value is -2.09. The Balaban J connectivity index is 2.61. The Morgan fingerprint density at radius 3 is 2.37 bits per heavy atom. The van der Waals surface area contributed by atoms with Crippen molar-refractivity contribution in [1.82, 2.24) is 5.32 Å². The Morgan fingerprint density at radius 1 is 1.15 bits per heavy atom. The number of amides is 1. The molecule has 0 saturated carbocycles. The summed E-state index contributed by atoms with van der Waals surface area (Å²) >= 11 is 0. The van der Waals surface area contributed by atoms with Gasteiger partial charge in [0.15, 0.2) is 6.61 Å². The standard InChI is InChI=1S/C19H30N2O5S/c1-14(2)9-8-10-15(3)20-18(22)13-26-19(23)16-11-6-7-12-17(16)21(4)27(5,24)25/h6-7,11-12,14-15H,8-10,13H2,1-5H3,(H,20,22). The minimum absolute atomic E-state index is 0.00129. The zero-order valence-corrected chi connectivity index (χ0v) is 17.5. The van der Waals surface area contributed by atoms with Crippen molar-refractivity contribution in [1.29, 1.82) is 0 Å². The third kappa shape index (κ3) is 7.99. The Bertz CT molecular complexity index is 746. The van der Waals surface area contributed by atoms with Crippen LogP contribution in [0.25, 0.3) is 0 Å². The number of anilines is 1. The molecule has 1 unspecified atom stereocenters. The summed E-state index contributed by atoms with van der Waals surface area (Å²) in [5, 5.41) is 2.80. The lowest BCUT2D eigenvalue weighted by Gasteiger charge is -2.19. The molecular formula is C19H30N2O5S.